The fourth-order valence-electron chi connectivity index (χ4n) is 2.16. The number of carbonyl (C=O) groups is 2. The predicted molar refractivity (Wildman–Crippen MR) is 75.4 cm³/mol. The van der Waals surface area contributed by atoms with Gasteiger partial charge in [-0.05, 0) is 47.0 Å². The molecule has 4 nitrogen and oxygen atoms in total. The molecule has 19 heavy (non-hydrogen) atoms. The van der Waals surface area contributed by atoms with Crippen LogP contribution in [0.4, 0.5) is 0 Å². The zero-order valence-electron chi connectivity index (χ0n) is 10.7. The molecule has 0 bridgehead atoms. The number of ketones is 1. The van der Waals surface area contributed by atoms with Crippen molar-refractivity contribution in [3.8, 4) is 5.75 Å². The van der Waals surface area contributed by atoms with Crippen LogP contribution >= 0.6 is 15.9 Å². The summed E-state index contributed by atoms with van der Waals surface area (Å²) in [5, 5.41) is 2.97. The number of carbonyl (C=O) groups excluding carboxylic acids is 2. The third kappa shape index (κ3) is 3.56. The smallest absolute Gasteiger partial charge is 0.251 e. The average molecular weight is 326 g/mol. The first-order valence-electron chi connectivity index (χ1n) is 6.26. The topological polar surface area (TPSA) is 55.4 Å². The number of nitrogens with one attached hydrogen (secondary N) is 1. The first-order chi connectivity index (χ1) is 9.10. The molecule has 0 radical (unpaired) electrons. The van der Waals surface area contributed by atoms with Crippen LogP contribution in [-0.2, 0) is 4.79 Å². The van der Waals surface area contributed by atoms with Crippen molar-refractivity contribution in [2.45, 2.75) is 31.7 Å². The zero-order chi connectivity index (χ0) is 13.8. The summed E-state index contributed by atoms with van der Waals surface area (Å²) in [6.45, 7) is 0. The molecule has 5 heteroatoms. The fraction of sp³-hybridized carbons (Fsp3) is 0.429. The summed E-state index contributed by atoms with van der Waals surface area (Å²) >= 11 is 3.36. The highest BCUT2D eigenvalue weighted by Gasteiger charge is 2.20. The summed E-state index contributed by atoms with van der Waals surface area (Å²) < 4.78 is 5.88. The first kappa shape index (κ1) is 14.1. The maximum atomic E-state index is 12.1. The van der Waals surface area contributed by atoms with Crippen molar-refractivity contribution in [1.82, 2.24) is 5.32 Å². The largest absolute Gasteiger partial charge is 0.496 e. The lowest BCUT2D eigenvalue weighted by Gasteiger charge is -2.22. The Bertz CT molecular complexity index is 491. The van der Waals surface area contributed by atoms with Gasteiger partial charge >= 0.3 is 0 Å². The van der Waals surface area contributed by atoms with Crippen molar-refractivity contribution in [2.75, 3.05) is 7.11 Å². The number of benzene rings is 1. The molecule has 0 aromatic heterocycles. The molecule has 102 valence electrons. The Kier molecular flexibility index (Phi) is 4.58. The second-order valence-corrected chi connectivity index (χ2v) is 5.49. The Morgan fingerprint density at radius 3 is 2.63 bits per heavy atom. The average Bonchev–Trinajstić information content (AvgIpc) is 2.41. The molecule has 1 aromatic carbocycles. The van der Waals surface area contributed by atoms with Crippen molar-refractivity contribution in [1.29, 1.82) is 0 Å². The van der Waals surface area contributed by atoms with Gasteiger partial charge in [0.25, 0.3) is 5.91 Å². The van der Waals surface area contributed by atoms with Crippen molar-refractivity contribution in [3.63, 3.8) is 0 Å². The molecule has 0 unspecified atom stereocenters. The monoisotopic (exact) mass is 325 g/mol. The lowest BCUT2D eigenvalue weighted by molar-refractivity contribution is -0.120. The Labute approximate surface area is 120 Å². The fourth-order valence-corrected chi connectivity index (χ4v) is 2.70. The molecule has 1 N–H and O–H groups in total. The third-order valence-corrected chi connectivity index (χ3v) is 3.91. The first-order valence-corrected chi connectivity index (χ1v) is 7.05. The minimum absolute atomic E-state index is 0.103. The van der Waals surface area contributed by atoms with E-state index in [0.29, 0.717) is 24.2 Å². The molecule has 1 aromatic rings. The van der Waals surface area contributed by atoms with Gasteiger partial charge in [-0.15, -0.1) is 0 Å². The molecule has 0 atom stereocenters. The van der Waals surface area contributed by atoms with Crippen LogP contribution in [0.5, 0.6) is 5.75 Å². The SMILES string of the molecule is COc1ccc(C(=O)NC2CCC(=O)CC2)cc1Br. The Morgan fingerprint density at radius 1 is 1.37 bits per heavy atom. The van der Waals surface area contributed by atoms with Crippen molar-refractivity contribution in [2.24, 2.45) is 0 Å². The summed E-state index contributed by atoms with van der Waals surface area (Å²) in [6.07, 6.45) is 2.61. The number of Topliss-reactive ketones (excluding diaryl/α,β-unsaturated/α-hetero) is 1. The van der Waals surface area contributed by atoms with Crippen LogP contribution in [0, 0.1) is 0 Å². The molecular weight excluding hydrogens is 310 g/mol. The Hall–Kier alpha value is -1.36. The van der Waals surface area contributed by atoms with Crippen molar-refractivity contribution in [3.05, 3.63) is 28.2 Å². The highest BCUT2D eigenvalue weighted by molar-refractivity contribution is 9.10. The number of methoxy groups -OCH3 is 1. The molecule has 0 aliphatic heterocycles. The molecule has 1 aliphatic rings. The van der Waals surface area contributed by atoms with Crippen molar-refractivity contribution >= 4 is 27.6 Å². The Morgan fingerprint density at radius 2 is 2.05 bits per heavy atom. The van der Waals surface area contributed by atoms with E-state index in [-0.39, 0.29) is 17.7 Å². The van der Waals surface area contributed by atoms with Gasteiger partial charge in [0.15, 0.2) is 0 Å². The van der Waals surface area contributed by atoms with E-state index in [4.69, 9.17) is 4.74 Å². The van der Waals surface area contributed by atoms with Crippen molar-refractivity contribution < 1.29 is 14.3 Å². The second-order valence-electron chi connectivity index (χ2n) is 4.64. The third-order valence-electron chi connectivity index (χ3n) is 3.29. The van der Waals surface area contributed by atoms with Gasteiger partial charge in [0.2, 0.25) is 0 Å². The van der Waals surface area contributed by atoms with Crippen LogP contribution in [0.3, 0.4) is 0 Å². The maximum absolute atomic E-state index is 12.1. The summed E-state index contributed by atoms with van der Waals surface area (Å²) in [4.78, 5) is 23.2. The molecule has 2 rings (SSSR count). The van der Waals surface area contributed by atoms with Gasteiger partial charge in [-0.3, -0.25) is 9.59 Å². The summed E-state index contributed by atoms with van der Waals surface area (Å²) in [6, 6.07) is 5.32. The number of amides is 1. The van der Waals surface area contributed by atoms with E-state index < -0.39 is 0 Å². The van der Waals surface area contributed by atoms with E-state index in [1.54, 1.807) is 25.3 Å². The number of halogens is 1. The summed E-state index contributed by atoms with van der Waals surface area (Å²) in [7, 11) is 1.58. The quantitative estimate of drug-likeness (QED) is 0.929. The molecule has 1 amide bonds. The van der Waals surface area contributed by atoms with E-state index >= 15 is 0 Å². The molecule has 1 fully saturated rings. The standard InChI is InChI=1S/C14H16BrNO3/c1-19-13-7-2-9(8-12(13)15)14(18)16-10-3-5-11(17)6-4-10/h2,7-8,10H,3-6H2,1H3,(H,16,18). The van der Waals surface area contributed by atoms with E-state index in [9.17, 15) is 9.59 Å². The zero-order valence-corrected chi connectivity index (χ0v) is 12.3. The molecule has 1 saturated carbocycles. The number of rotatable bonds is 3. The van der Waals surface area contributed by atoms with Gasteiger partial charge in [0.1, 0.15) is 11.5 Å². The van der Waals surface area contributed by atoms with Gasteiger partial charge < -0.3 is 10.1 Å². The highest BCUT2D eigenvalue weighted by atomic mass is 79.9. The molecule has 0 heterocycles. The van der Waals surface area contributed by atoms with Crippen LogP contribution < -0.4 is 10.1 Å². The molecule has 0 spiro atoms. The van der Waals surface area contributed by atoms with Crippen LogP contribution in [0.1, 0.15) is 36.0 Å². The molecular formula is C14H16BrNO3. The van der Waals surface area contributed by atoms with E-state index in [0.717, 1.165) is 17.3 Å². The van der Waals surface area contributed by atoms with Gasteiger partial charge in [0, 0.05) is 24.4 Å². The highest BCUT2D eigenvalue weighted by Crippen LogP contribution is 2.25. The van der Waals surface area contributed by atoms with Gasteiger partial charge in [0.05, 0.1) is 11.6 Å². The second kappa shape index (κ2) is 6.19. The van der Waals surface area contributed by atoms with Crippen LogP contribution in [0.2, 0.25) is 0 Å². The normalized spacial score (nSPS) is 16.2. The van der Waals surface area contributed by atoms with Crippen LogP contribution in [0.25, 0.3) is 0 Å². The van der Waals surface area contributed by atoms with E-state index in [1.807, 2.05) is 0 Å². The predicted octanol–water partition coefficient (Wildman–Crippen LogP) is 2.70. The summed E-state index contributed by atoms with van der Waals surface area (Å²) in [5.74, 6) is 0.875. The van der Waals surface area contributed by atoms with Crippen LogP contribution in [0.15, 0.2) is 22.7 Å². The minimum Gasteiger partial charge on any atom is -0.496 e. The Balaban J connectivity index is 2.00. The van der Waals surface area contributed by atoms with E-state index in [1.165, 1.54) is 0 Å². The van der Waals surface area contributed by atoms with Gasteiger partial charge in [-0.1, -0.05) is 0 Å². The lowest BCUT2D eigenvalue weighted by Crippen LogP contribution is -2.37. The number of hydrogen-bond donors (Lipinski definition) is 1. The lowest BCUT2D eigenvalue weighted by atomic mass is 9.94. The maximum Gasteiger partial charge on any atom is 0.251 e. The number of hydrogen-bond acceptors (Lipinski definition) is 3. The number of ether oxygens (including phenoxy) is 1. The van der Waals surface area contributed by atoms with Crippen LogP contribution in [-0.4, -0.2) is 24.8 Å². The summed E-state index contributed by atoms with van der Waals surface area (Å²) in [5.41, 5.74) is 0.588. The molecule has 0 saturated heterocycles. The molecule has 1 aliphatic carbocycles. The van der Waals surface area contributed by atoms with E-state index in [2.05, 4.69) is 21.2 Å². The van der Waals surface area contributed by atoms with Gasteiger partial charge in [-0.2, -0.15) is 0 Å². The van der Waals surface area contributed by atoms with Gasteiger partial charge in [-0.25, -0.2) is 0 Å². The minimum atomic E-state index is -0.109.